The zero-order chi connectivity index (χ0) is 24.0. The normalized spacial score (nSPS) is 19.1. The van der Waals surface area contributed by atoms with Crippen LogP contribution in [0.15, 0.2) is 24.5 Å². The predicted molar refractivity (Wildman–Crippen MR) is 120 cm³/mol. The van der Waals surface area contributed by atoms with Crippen LogP contribution >= 0.6 is 0 Å². The van der Waals surface area contributed by atoms with Gasteiger partial charge in [-0.25, -0.2) is 15.0 Å². The minimum absolute atomic E-state index is 0.0451. The fourth-order valence-electron chi connectivity index (χ4n) is 3.97. The number of alkyl halides is 3. The first-order chi connectivity index (χ1) is 16.2. The van der Waals surface area contributed by atoms with Crippen molar-refractivity contribution in [2.75, 3.05) is 24.6 Å². The van der Waals surface area contributed by atoms with Crippen LogP contribution in [0.4, 0.5) is 19.1 Å². The van der Waals surface area contributed by atoms with Crippen molar-refractivity contribution in [1.82, 2.24) is 29.7 Å². The van der Waals surface area contributed by atoms with Crippen molar-refractivity contribution in [2.45, 2.75) is 57.9 Å². The lowest BCUT2D eigenvalue weighted by molar-refractivity contribution is -0.0935. The Bertz CT molecular complexity index is 1240. The molecule has 3 aromatic rings. The van der Waals surface area contributed by atoms with Crippen molar-refractivity contribution in [3.8, 4) is 0 Å². The van der Waals surface area contributed by atoms with Gasteiger partial charge in [0.25, 0.3) is 0 Å². The van der Waals surface area contributed by atoms with E-state index in [4.69, 9.17) is 4.74 Å². The Balaban J connectivity index is 1.44. The third-order valence-corrected chi connectivity index (χ3v) is 6.33. The van der Waals surface area contributed by atoms with E-state index in [9.17, 15) is 13.2 Å². The molecule has 1 saturated carbocycles. The third kappa shape index (κ3) is 4.61. The molecule has 0 amide bonds. The van der Waals surface area contributed by atoms with E-state index in [2.05, 4.69) is 31.6 Å². The molecule has 34 heavy (non-hydrogen) atoms. The highest BCUT2D eigenvalue weighted by Crippen LogP contribution is 2.35. The number of morpholine rings is 1. The first-order valence-electron chi connectivity index (χ1n) is 11.4. The number of allylic oxidation sites excluding steroid dienone is 1. The van der Waals surface area contributed by atoms with Gasteiger partial charge in [-0.3, -0.25) is 4.68 Å². The second-order valence-electron chi connectivity index (χ2n) is 8.93. The van der Waals surface area contributed by atoms with Crippen LogP contribution < -0.4 is 4.90 Å². The fraction of sp³-hybridized carbons (Fsp3) is 0.522. The van der Waals surface area contributed by atoms with Crippen molar-refractivity contribution in [1.29, 1.82) is 0 Å². The molecule has 0 radical (unpaired) electrons. The summed E-state index contributed by atoms with van der Waals surface area (Å²) in [6, 6.07) is 0.483. The first-order valence-corrected chi connectivity index (χ1v) is 11.4. The molecule has 1 atom stereocenters. The van der Waals surface area contributed by atoms with Crippen LogP contribution in [0.5, 0.6) is 0 Å². The summed E-state index contributed by atoms with van der Waals surface area (Å²) in [6.07, 6.45) is 1.30. The molecular formula is C23H26F3N7O. The van der Waals surface area contributed by atoms with Crippen molar-refractivity contribution >= 4 is 17.1 Å². The Morgan fingerprint density at radius 1 is 1.15 bits per heavy atom. The number of nitrogens with zero attached hydrogens (tertiary/aromatic N) is 7. The maximum Gasteiger partial charge on any atom is 0.412 e. The monoisotopic (exact) mass is 473 g/mol. The lowest BCUT2D eigenvalue weighted by Crippen LogP contribution is -2.39. The van der Waals surface area contributed by atoms with Crippen LogP contribution in [0, 0.1) is 13.8 Å². The number of halogens is 3. The molecule has 0 N–H and O–H groups in total. The molecule has 3 aromatic heterocycles. The third-order valence-electron chi connectivity index (χ3n) is 6.33. The number of aryl methyl sites for hydroxylation is 3. The summed E-state index contributed by atoms with van der Waals surface area (Å²) in [6.45, 7) is 8.37. The summed E-state index contributed by atoms with van der Waals surface area (Å²) in [5.41, 5.74) is 2.85. The molecule has 4 heterocycles. The Morgan fingerprint density at radius 2 is 1.91 bits per heavy atom. The topological polar surface area (TPSA) is 81.9 Å². The van der Waals surface area contributed by atoms with E-state index < -0.39 is 11.7 Å². The van der Waals surface area contributed by atoms with Crippen LogP contribution in [-0.2, 0) is 11.2 Å². The van der Waals surface area contributed by atoms with Gasteiger partial charge in [0.05, 0.1) is 42.5 Å². The Labute approximate surface area is 194 Å². The van der Waals surface area contributed by atoms with Gasteiger partial charge in [-0.1, -0.05) is 6.58 Å². The Hall–Kier alpha value is -3.08. The standard InChI is InChI=1S/C23H26F3N7O/c1-13(23(24,25)26)4-7-18-20-21(29-15(3)14(2)28-20)31-22(30-18)32-8-9-34-19(12-32)16-10-27-33(11-16)17-5-6-17/h10-11,17,19H,1,4-9,12H2,2-3H3/t19-/m0/s1. The molecule has 1 aliphatic carbocycles. The molecule has 8 nitrogen and oxygen atoms in total. The van der Waals surface area contributed by atoms with Gasteiger partial charge in [-0.2, -0.15) is 23.3 Å². The van der Waals surface area contributed by atoms with E-state index >= 15 is 0 Å². The molecule has 0 aromatic carbocycles. The maximum atomic E-state index is 13.0. The van der Waals surface area contributed by atoms with E-state index in [1.165, 1.54) is 0 Å². The first kappa shape index (κ1) is 22.7. The lowest BCUT2D eigenvalue weighted by Gasteiger charge is -2.32. The van der Waals surface area contributed by atoms with Gasteiger partial charge in [-0.05, 0) is 39.5 Å². The van der Waals surface area contributed by atoms with Crippen molar-refractivity contribution in [3.63, 3.8) is 0 Å². The van der Waals surface area contributed by atoms with Crippen LogP contribution in [0.1, 0.15) is 54.1 Å². The summed E-state index contributed by atoms with van der Waals surface area (Å²) in [5, 5.41) is 4.45. The molecule has 1 aliphatic heterocycles. The van der Waals surface area contributed by atoms with Crippen LogP contribution in [0.3, 0.4) is 0 Å². The molecule has 180 valence electrons. The van der Waals surface area contributed by atoms with Crippen molar-refractivity contribution < 1.29 is 17.9 Å². The SMILES string of the molecule is C=C(CCc1nc(N2CCO[C@H](c3cnn(C4CC4)c3)C2)nc2nc(C)c(C)nc12)C(F)(F)F. The quantitative estimate of drug-likeness (QED) is 0.497. The van der Waals surface area contributed by atoms with E-state index in [-0.39, 0.29) is 18.9 Å². The summed E-state index contributed by atoms with van der Waals surface area (Å²) in [5.74, 6) is 0.417. The number of aromatic nitrogens is 6. The summed E-state index contributed by atoms with van der Waals surface area (Å²) < 4.78 is 47.0. The minimum Gasteiger partial charge on any atom is -0.370 e. The van der Waals surface area contributed by atoms with E-state index in [0.29, 0.717) is 54.2 Å². The molecule has 2 fully saturated rings. The van der Waals surface area contributed by atoms with Gasteiger partial charge >= 0.3 is 6.18 Å². The number of anilines is 1. The van der Waals surface area contributed by atoms with Gasteiger partial charge in [-0.15, -0.1) is 0 Å². The molecular weight excluding hydrogens is 447 g/mol. The van der Waals surface area contributed by atoms with Gasteiger partial charge < -0.3 is 9.64 Å². The highest BCUT2D eigenvalue weighted by atomic mass is 19.4. The summed E-state index contributed by atoms with van der Waals surface area (Å²) in [4.78, 5) is 20.3. The predicted octanol–water partition coefficient (Wildman–Crippen LogP) is 4.20. The zero-order valence-electron chi connectivity index (χ0n) is 19.1. The fourth-order valence-corrected chi connectivity index (χ4v) is 3.97. The maximum absolute atomic E-state index is 13.0. The highest BCUT2D eigenvalue weighted by molar-refractivity contribution is 5.74. The number of hydrogen-bond acceptors (Lipinski definition) is 7. The second-order valence-corrected chi connectivity index (χ2v) is 8.93. The van der Waals surface area contributed by atoms with Gasteiger partial charge in [0.15, 0.2) is 5.65 Å². The van der Waals surface area contributed by atoms with Gasteiger partial charge in [0.1, 0.15) is 11.6 Å². The molecule has 2 aliphatic rings. The van der Waals surface area contributed by atoms with Crippen LogP contribution in [-0.4, -0.2) is 55.6 Å². The summed E-state index contributed by atoms with van der Waals surface area (Å²) >= 11 is 0. The van der Waals surface area contributed by atoms with Gasteiger partial charge in [0.2, 0.25) is 5.95 Å². The minimum atomic E-state index is -4.44. The molecule has 11 heteroatoms. The Morgan fingerprint density at radius 3 is 2.65 bits per heavy atom. The largest absolute Gasteiger partial charge is 0.412 e. The molecule has 1 saturated heterocycles. The van der Waals surface area contributed by atoms with E-state index in [1.807, 2.05) is 35.8 Å². The van der Waals surface area contributed by atoms with E-state index in [0.717, 1.165) is 24.1 Å². The molecule has 0 spiro atoms. The zero-order valence-corrected chi connectivity index (χ0v) is 19.1. The average molecular weight is 474 g/mol. The van der Waals surface area contributed by atoms with Crippen LogP contribution in [0.25, 0.3) is 11.2 Å². The molecule has 0 bridgehead atoms. The second kappa shape index (κ2) is 8.61. The molecule has 0 unspecified atom stereocenters. The van der Waals surface area contributed by atoms with Crippen LogP contribution in [0.2, 0.25) is 0 Å². The highest BCUT2D eigenvalue weighted by Gasteiger charge is 2.32. The number of fused-ring (bicyclic) bond motifs is 1. The number of hydrogen-bond donors (Lipinski definition) is 0. The van der Waals surface area contributed by atoms with Crippen molar-refractivity contribution in [3.05, 3.63) is 47.2 Å². The Kier molecular flexibility index (Phi) is 5.75. The molecule has 5 rings (SSSR count). The van der Waals surface area contributed by atoms with Crippen molar-refractivity contribution in [2.24, 2.45) is 0 Å². The van der Waals surface area contributed by atoms with Gasteiger partial charge in [0, 0.05) is 23.9 Å². The lowest BCUT2D eigenvalue weighted by atomic mass is 10.1. The number of ether oxygens (including phenoxy) is 1. The average Bonchev–Trinajstić information content (AvgIpc) is 3.54. The smallest absolute Gasteiger partial charge is 0.370 e. The summed E-state index contributed by atoms with van der Waals surface area (Å²) in [7, 11) is 0. The van der Waals surface area contributed by atoms with E-state index in [1.54, 1.807) is 0 Å². The number of rotatable bonds is 6.